The van der Waals surface area contributed by atoms with E-state index in [0.717, 1.165) is 5.69 Å². The molecule has 2 aromatic carbocycles. The van der Waals surface area contributed by atoms with E-state index in [-0.39, 0.29) is 16.9 Å². The quantitative estimate of drug-likeness (QED) is 0.507. The molecule has 2 heterocycles. The van der Waals surface area contributed by atoms with Crippen LogP contribution >= 0.6 is 0 Å². The maximum absolute atomic E-state index is 4.07. The molecule has 0 saturated heterocycles. The Morgan fingerprint density at radius 2 is 1.61 bits per heavy atom. The Kier molecular flexibility index (Phi) is 4.77. The summed E-state index contributed by atoms with van der Waals surface area (Å²) in [5, 5.41) is 0. The van der Waals surface area contributed by atoms with Gasteiger partial charge < -0.3 is 14.7 Å². The van der Waals surface area contributed by atoms with Gasteiger partial charge in [-0.15, -0.1) is 0 Å². The maximum Gasteiger partial charge on any atom is 0.204 e. The lowest BCUT2D eigenvalue weighted by atomic mass is 9.77. The van der Waals surface area contributed by atoms with Gasteiger partial charge in [0, 0.05) is 73.9 Å². The summed E-state index contributed by atoms with van der Waals surface area (Å²) in [5.74, 6) is 0. The van der Waals surface area contributed by atoms with Crippen LogP contribution in [-0.2, 0) is 10.8 Å². The molecule has 0 saturated carbocycles. The van der Waals surface area contributed by atoms with E-state index in [1.54, 1.807) is 0 Å². The standard InChI is InChI=1S/C27H37N4/c1-26(2)20-15-18(28(5)6)11-13-22(20)30(9)24(26)17-25-27(3,4)21-16-19(29(7)8)12-14-23(21)31(25)10/h11-17,25H,5H2,1-4,6-10H3/q+1. The van der Waals surface area contributed by atoms with Crippen molar-refractivity contribution in [1.29, 1.82) is 0 Å². The highest BCUT2D eigenvalue weighted by molar-refractivity contribution is 5.74. The van der Waals surface area contributed by atoms with Crippen molar-refractivity contribution < 1.29 is 4.58 Å². The van der Waals surface area contributed by atoms with Crippen LogP contribution in [0.25, 0.3) is 0 Å². The molecule has 0 bridgehead atoms. The van der Waals surface area contributed by atoms with Gasteiger partial charge in [-0.25, -0.2) is 4.58 Å². The molecule has 0 aliphatic carbocycles. The zero-order valence-electron chi connectivity index (χ0n) is 20.6. The van der Waals surface area contributed by atoms with E-state index in [9.17, 15) is 0 Å². The van der Waals surface area contributed by atoms with Gasteiger partial charge in [0.2, 0.25) is 5.69 Å². The van der Waals surface area contributed by atoms with Gasteiger partial charge in [0.1, 0.15) is 13.8 Å². The van der Waals surface area contributed by atoms with Crippen LogP contribution in [-0.4, -0.2) is 52.6 Å². The third-order valence-corrected chi connectivity index (χ3v) is 7.50. The van der Waals surface area contributed by atoms with E-state index in [1.165, 1.54) is 33.9 Å². The van der Waals surface area contributed by atoms with Crippen LogP contribution in [0.5, 0.6) is 0 Å². The molecule has 0 aromatic heterocycles. The number of likely N-dealkylation sites (N-methyl/N-ethyl adjacent to an activating group) is 2. The number of nitrogens with zero attached hydrogens (tertiary/aromatic N) is 4. The van der Waals surface area contributed by atoms with Gasteiger partial charge >= 0.3 is 0 Å². The fourth-order valence-electron chi connectivity index (χ4n) is 5.45. The molecular weight excluding hydrogens is 380 g/mol. The average Bonchev–Trinajstić information content (AvgIpc) is 3.01. The number of benzene rings is 2. The number of hydrogen-bond donors (Lipinski definition) is 0. The summed E-state index contributed by atoms with van der Waals surface area (Å²) in [6, 6.07) is 13.8. The van der Waals surface area contributed by atoms with E-state index in [2.05, 4.69) is 120 Å². The molecule has 4 heteroatoms. The fraction of sp³-hybridized carbons (Fsp3) is 0.444. The molecule has 164 valence electrons. The van der Waals surface area contributed by atoms with Crippen molar-refractivity contribution in [3.8, 4) is 0 Å². The van der Waals surface area contributed by atoms with Gasteiger partial charge in [0.15, 0.2) is 0 Å². The third-order valence-electron chi connectivity index (χ3n) is 7.50. The Morgan fingerprint density at radius 1 is 0.968 bits per heavy atom. The van der Waals surface area contributed by atoms with E-state index in [1.807, 2.05) is 11.6 Å². The summed E-state index contributed by atoms with van der Waals surface area (Å²) in [4.78, 5) is 7.01. The summed E-state index contributed by atoms with van der Waals surface area (Å²) in [5.41, 5.74) is 9.08. The molecule has 0 radical (unpaired) electrons. The monoisotopic (exact) mass is 417 g/mol. The number of rotatable bonds is 3. The van der Waals surface area contributed by atoms with Gasteiger partial charge in [-0.2, -0.15) is 0 Å². The van der Waals surface area contributed by atoms with Crippen LogP contribution < -0.4 is 14.7 Å². The summed E-state index contributed by atoms with van der Waals surface area (Å²) in [6.07, 6.45) is 2.50. The Bertz CT molecular complexity index is 1090. The molecule has 31 heavy (non-hydrogen) atoms. The smallest absolute Gasteiger partial charge is 0.204 e. The Morgan fingerprint density at radius 3 is 2.23 bits per heavy atom. The number of hydrogen-bond acceptors (Lipinski definition) is 3. The van der Waals surface area contributed by atoms with Gasteiger partial charge in [-0.1, -0.05) is 27.7 Å². The minimum Gasteiger partial charge on any atom is -0.378 e. The van der Waals surface area contributed by atoms with Crippen molar-refractivity contribution in [2.45, 2.75) is 44.6 Å². The molecular formula is C27H37N4+. The first-order valence-corrected chi connectivity index (χ1v) is 11.1. The third kappa shape index (κ3) is 3.07. The van der Waals surface area contributed by atoms with Crippen LogP contribution in [0.15, 0.2) is 48.2 Å². The predicted octanol–water partition coefficient (Wildman–Crippen LogP) is 5.13. The topological polar surface area (TPSA) is 12.7 Å². The molecule has 0 amide bonds. The molecule has 2 aliphatic heterocycles. The summed E-state index contributed by atoms with van der Waals surface area (Å²) in [6.45, 7) is 13.5. The summed E-state index contributed by atoms with van der Waals surface area (Å²) < 4.78 is 1.94. The molecule has 1 atom stereocenters. The Balaban J connectivity index is 1.80. The first-order chi connectivity index (χ1) is 14.4. The predicted molar refractivity (Wildman–Crippen MR) is 135 cm³/mol. The first-order valence-electron chi connectivity index (χ1n) is 11.1. The minimum absolute atomic E-state index is 0.00745. The molecule has 2 aliphatic rings. The highest BCUT2D eigenvalue weighted by Crippen LogP contribution is 2.51. The van der Waals surface area contributed by atoms with E-state index in [0.29, 0.717) is 0 Å². The largest absolute Gasteiger partial charge is 0.378 e. The lowest BCUT2D eigenvalue weighted by Crippen LogP contribution is -2.39. The Labute approximate surface area is 188 Å². The van der Waals surface area contributed by atoms with Crippen LogP contribution in [0.4, 0.5) is 22.7 Å². The Hall–Kier alpha value is -2.75. The number of allylic oxidation sites excluding steroid dienone is 1. The fourth-order valence-corrected chi connectivity index (χ4v) is 5.45. The van der Waals surface area contributed by atoms with Crippen LogP contribution in [0.3, 0.4) is 0 Å². The maximum atomic E-state index is 4.07. The SMILES string of the molecule is C=[N+](C)c1ccc2c(c1)C(C)(C)C(=CC1N(C)c3ccc(N(C)C)cc3C1(C)C)N2C. The summed E-state index contributed by atoms with van der Waals surface area (Å²) >= 11 is 0. The van der Waals surface area contributed by atoms with Crippen LogP contribution in [0, 0.1) is 0 Å². The molecule has 0 spiro atoms. The highest BCUT2D eigenvalue weighted by Gasteiger charge is 2.45. The van der Waals surface area contributed by atoms with Gasteiger partial charge in [0.05, 0.1) is 6.04 Å². The zero-order chi connectivity index (χ0) is 22.9. The highest BCUT2D eigenvalue weighted by atomic mass is 15.2. The second kappa shape index (κ2) is 6.88. The van der Waals surface area contributed by atoms with Crippen molar-refractivity contribution in [3.63, 3.8) is 0 Å². The van der Waals surface area contributed by atoms with Crippen molar-refractivity contribution >= 4 is 29.5 Å². The molecule has 4 rings (SSSR count). The molecule has 0 fully saturated rings. The minimum atomic E-state index is -0.0728. The molecule has 1 unspecified atom stereocenters. The normalized spacial score (nSPS) is 22.0. The van der Waals surface area contributed by atoms with Crippen LogP contribution in [0.2, 0.25) is 0 Å². The molecule has 2 aromatic rings. The van der Waals surface area contributed by atoms with E-state index < -0.39 is 0 Å². The molecule has 0 N–H and O–H groups in total. The first kappa shape index (κ1) is 21.5. The lowest BCUT2D eigenvalue weighted by molar-refractivity contribution is -0.394. The van der Waals surface area contributed by atoms with Crippen molar-refractivity contribution in [2.24, 2.45) is 0 Å². The van der Waals surface area contributed by atoms with Crippen molar-refractivity contribution in [1.82, 2.24) is 0 Å². The second-order valence-corrected chi connectivity index (χ2v) is 10.5. The van der Waals surface area contributed by atoms with Crippen molar-refractivity contribution in [3.05, 3.63) is 59.3 Å². The summed E-state index contributed by atoms with van der Waals surface area (Å²) in [7, 11) is 10.6. The lowest BCUT2D eigenvalue weighted by Gasteiger charge is -2.33. The van der Waals surface area contributed by atoms with Crippen LogP contribution in [0.1, 0.15) is 38.8 Å². The zero-order valence-corrected chi connectivity index (χ0v) is 20.6. The number of anilines is 3. The number of fused-ring (bicyclic) bond motifs is 2. The van der Waals surface area contributed by atoms with Gasteiger partial charge in [-0.05, 0) is 41.5 Å². The van der Waals surface area contributed by atoms with E-state index >= 15 is 0 Å². The van der Waals surface area contributed by atoms with Crippen molar-refractivity contribution in [2.75, 3.05) is 49.9 Å². The molecule has 4 nitrogen and oxygen atoms in total. The van der Waals surface area contributed by atoms with Gasteiger partial charge in [-0.3, -0.25) is 0 Å². The average molecular weight is 418 g/mol. The van der Waals surface area contributed by atoms with E-state index in [4.69, 9.17) is 0 Å². The van der Waals surface area contributed by atoms with Gasteiger partial charge in [0.25, 0.3) is 0 Å². The second-order valence-electron chi connectivity index (χ2n) is 10.5.